The van der Waals surface area contributed by atoms with E-state index in [1.54, 1.807) is 11.3 Å². The molecular formula is C15H18N2OS. The summed E-state index contributed by atoms with van der Waals surface area (Å²) < 4.78 is 5.38. The molecule has 0 bridgehead atoms. The van der Waals surface area contributed by atoms with E-state index in [9.17, 15) is 0 Å². The maximum Gasteiger partial charge on any atom is 0.186 e. The third-order valence-corrected chi connectivity index (χ3v) is 4.31. The first-order chi connectivity index (χ1) is 9.36. The minimum absolute atomic E-state index is 0.806. The average Bonchev–Trinajstić information content (AvgIpc) is 2.98. The fourth-order valence-electron chi connectivity index (χ4n) is 2.25. The first kappa shape index (κ1) is 12.6. The van der Waals surface area contributed by atoms with Gasteiger partial charge in [-0.3, -0.25) is 0 Å². The molecule has 2 heterocycles. The minimum Gasteiger partial charge on any atom is -0.378 e. The van der Waals surface area contributed by atoms with Crippen LogP contribution in [-0.2, 0) is 11.2 Å². The van der Waals surface area contributed by atoms with Gasteiger partial charge in [0.15, 0.2) is 5.13 Å². The van der Waals surface area contributed by atoms with Crippen LogP contribution in [0.5, 0.6) is 0 Å². The van der Waals surface area contributed by atoms with Gasteiger partial charge in [-0.25, -0.2) is 4.98 Å². The summed E-state index contributed by atoms with van der Waals surface area (Å²) in [4.78, 5) is 7.08. The maximum absolute atomic E-state index is 5.38. The molecule has 0 amide bonds. The van der Waals surface area contributed by atoms with Crippen molar-refractivity contribution in [2.24, 2.45) is 0 Å². The van der Waals surface area contributed by atoms with Crippen LogP contribution in [0.1, 0.15) is 12.5 Å². The van der Waals surface area contributed by atoms with E-state index in [1.807, 2.05) is 0 Å². The van der Waals surface area contributed by atoms with Crippen LogP contribution in [0, 0.1) is 0 Å². The lowest BCUT2D eigenvalue weighted by atomic mass is 10.1. The second-order valence-electron chi connectivity index (χ2n) is 4.67. The van der Waals surface area contributed by atoms with Crippen LogP contribution >= 0.6 is 11.3 Å². The molecule has 4 heteroatoms. The molecule has 0 atom stereocenters. The van der Waals surface area contributed by atoms with Gasteiger partial charge in [-0.1, -0.05) is 25.1 Å². The maximum atomic E-state index is 5.38. The summed E-state index contributed by atoms with van der Waals surface area (Å²) in [6, 6.07) is 8.65. The lowest BCUT2D eigenvalue weighted by Crippen LogP contribution is -2.36. The molecular weight excluding hydrogens is 256 g/mol. The topological polar surface area (TPSA) is 25.4 Å². The molecule has 0 radical (unpaired) electrons. The number of aromatic nitrogens is 1. The van der Waals surface area contributed by atoms with E-state index in [2.05, 4.69) is 41.5 Å². The average molecular weight is 274 g/mol. The van der Waals surface area contributed by atoms with Gasteiger partial charge in [0, 0.05) is 24.0 Å². The van der Waals surface area contributed by atoms with Crippen molar-refractivity contribution in [3.8, 4) is 11.3 Å². The summed E-state index contributed by atoms with van der Waals surface area (Å²) in [5, 5.41) is 3.26. The van der Waals surface area contributed by atoms with Gasteiger partial charge in [0.05, 0.1) is 18.9 Å². The highest BCUT2D eigenvalue weighted by Crippen LogP contribution is 2.28. The molecule has 1 aromatic carbocycles. The van der Waals surface area contributed by atoms with Crippen LogP contribution < -0.4 is 4.90 Å². The Balaban J connectivity index is 1.83. The number of rotatable bonds is 3. The van der Waals surface area contributed by atoms with Crippen molar-refractivity contribution in [3.63, 3.8) is 0 Å². The van der Waals surface area contributed by atoms with E-state index in [4.69, 9.17) is 9.72 Å². The van der Waals surface area contributed by atoms with Gasteiger partial charge < -0.3 is 9.64 Å². The molecule has 0 unspecified atom stereocenters. The van der Waals surface area contributed by atoms with Crippen LogP contribution in [0.3, 0.4) is 0 Å². The second-order valence-corrected chi connectivity index (χ2v) is 5.51. The van der Waals surface area contributed by atoms with E-state index < -0.39 is 0 Å². The fraction of sp³-hybridized carbons (Fsp3) is 0.400. The fourth-order valence-corrected chi connectivity index (χ4v) is 3.14. The number of morpholine rings is 1. The lowest BCUT2D eigenvalue weighted by molar-refractivity contribution is 0.122. The number of hydrogen-bond acceptors (Lipinski definition) is 4. The third kappa shape index (κ3) is 2.80. The normalized spacial score (nSPS) is 15.7. The van der Waals surface area contributed by atoms with Gasteiger partial charge in [-0.15, -0.1) is 11.3 Å². The summed E-state index contributed by atoms with van der Waals surface area (Å²) in [5.41, 5.74) is 3.66. The number of aryl methyl sites for hydroxylation is 1. The van der Waals surface area contributed by atoms with Crippen molar-refractivity contribution in [1.82, 2.24) is 4.98 Å². The Morgan fingerprint density at radius 2 is 2.16 bits per heavy atom. The molecule has 1 fully saturated rings. The first-order valence-corrected chi connectivity index (χ1v) is 7.62. The lowest BCUT2D eigenvalue weighted by Gasteiger charge is -2.26. The Morgan fingerprint density at radius 1 is 1.32 bits per heavy atom. The van der Waals surface area contributed by atoms with Gasteiger partial charge in [0.2, 0.25) is 0 Å². The van der Waals surface area contributed by atoms with Crippen molar-refractivity contribution in [3.05, 3.63) is 35.2 Å². The Kier molecular flexibility index (Phi) is 3.80. The SMILES string of the molecule is CCc1cccc(-c2csc(N3CCOCC3)n2)c1. The highest BCUT2D eigenvalue weighted by atomic mass is 32.1. The summed E-state index contributed by atoms with van der Waals surface area (Å²) in [7, 11) is 0. The van der Waals surface area contributed by atoms with E-state index >= 15 is 0 Å². The predicted molar refractivity (Wildman–Crippen MR) is 80.0 cm³/mol. The smallest absolute Gasteiger partial charge is 0.186 e. The van der Waals surface area contributed by atoms with E-state index in [1.165, 1.54) is 11.1 Å². The van der Waals surface area contributed by atoms with Crippen LogP contribution in [-0.4, -0.2) is 31.3 Å². The molecule has 2 aromatic rings. The molecule has 100 valence electrons. The summed E-state index contributed by atoms with van der Waals surface area (Å²) in [6.45, 7) is 5.68. The van der Waals surface area contributed by atoms with Crippen LogP contribution in [0.2, 0.25) is 0 Å². The summed E-state index contributed by atoms with van der Waals surface area (Å²) in [5.74, 6) is 0. The molecule has 3 nitrogen and oxygen atoms in total. The predicted octanol–water partition coefficient (Wildman–Crippen LogP) is 3.21. The molecule has 0 saturated carbocycles. The van der Waals surface area contributed by atoms with Gasteiger partial charge in [-0.05, 0) is 18.1 Å². The number of anilines is 1. The van der Waals surface area contributed by atoms with Crippen molar-refractivity contribution in [1.29, 1.82) is 0 Å². The molecule has 1 aliphatic heterocycles. The second kappa shape index (κ2) is 5.72. The van der Waals surface area contributed by atoms with Crippen LogP contribution in [0.25, 0.3) is 11.3 Å². The van der Waals surface area contributed by atoms with Crippen LogP contribution in [0.4, 0.5) is 5.13 Å². The third-order valence-electron chi connectivity index (χ3n) is 3.40. The van der Waals surface area contributed by atoms with Gasteiger partial charge in [0.25, 0.3) is 0 Å². The van der Waals surface area contributed by atoms with E-state index in [0.29, 0.717) is 0 Å². The van der Waals surface area contributed by atoms with E-state index in [-0.39, 0.29) is 0 Å². The molecule has 0 N–H and O–H groups in total. The monoisotopic (exact) mass is 274 g/mol. The number of benzene rings is 1. The Hall–Kier alpha value is -1.39. The number of thiazole rings is 1. The zero-order chi connectivity index (χ0) is 13.1. The van der Waals surface area contributed by atoms with Gasteiger partial charge in [-0.2, -0.15) is 0 Å². The molecule has 3 rings (SSSR count). The Labute approximate surface area is 117 Å². The molecule has 1 saturated heterocycles. The van der Waals surface area contributed by atoms with Gasteiger partial charge in [0.1, 0.15) is 0 Å². The number of nitrogens with zero attached hydrogens (tertiary/aromatic N) is 2. The molecule has 19 heavy (non-hydrogen) atoms. The van der Waals surface area contributed by atoms with Crippen molar-refractivity contribution in [2.75, 3.05) is 31.2 Å². The van der Waals surface area contributed by atoms with Gasteiger partial charge >= 0.3 is 0 Å². The highest BCUT2D eigenvalue weighted by Gasteiger charge is 2.15. The molecule has 1 aliphatic rings. The van der Waals surface area contributed by atoms with Crippen molar-refractivity contribution < 1.29 is 4.74 Å². The summed E-state index contributed by atoms with van der Waals surface area (Å²) >= 11 is 1.72. The quantitative estimate of drug-likeness (QED) is 0.859. The highest BCUT2D eigenvalue weighted by molar-refractivity contribution is 7.14. The van der Waals surface area contributed by atoms with E-state index in [0.717, 1.165) is 43.5 Å². The van der Waals surface area contributed by atoms with Crippen molar-refractivity contribution in [2.45, 2.75) is 13.3 Å². The number of hydrogen-bond donors (Lipinski definition) is 0. The molecule has 0 aliphatic carbocycles. The molecule has 0 spiro atoms. The standard InChI is InChI=1S/C15H18N2OS/c1-2-12-4-3-5-13(10-12)14-11-19-15(16-14)17-6-8-18-9-7-17/h3-5,10-11H,2,6-9H2,1H3. The minimum atomic E-state index is 0.806. The van der Waals surface area contributed by atoms with Crippen molar-refractivity contribution >= 4 is 16.5 Å². The largest absolute Gasteiger partial charge is 0.378 e. The molecule has 1 aromatic heterocycles. The first-order valence-electron chi connectivity index (χ1n) is 6.74. The zero-order valence-corrected chi connectivity index (χ0v) is 11.9. The Morgan fingerprint density at radius 3 is 2.95 bits per heavy atom. The Bertz CT molecular complexity index is 547. The summed E-state index contributed by atoms with van der Waals surface area (Å²) in [6.07, 6.45) is 1.06. The van der Waals surface area contributed by atoms with Crippen LogP contribution in [0.15, 0.2) is 29.6 Å². The number of ether oxygens (including phenoxy) is 1. The zero-order valence-electron chi connectivity index (χ0n) is 11.1.